The molecule has 0 fully saturated rings. The summed E-state index contributed by atoms with van der Waals surface area (Å²) in [7, 11) is 1.58. The summed E-state index contributed by atoms with van der Waals surface area (Å²) >= 11 is 0. The number of hydrogen-bond donors (Lipinski definition) is 1. The molecule has 7 nitrogen and oxygen atoms in total. The van der Waals surface area contributed by atoms with E-state index in [0.717, 1.165) is 5.56 Å². The van der Waals surface area contributed by atoms with Crippen molar-refractivity contribution in [2.24, 2.45) is 0 Å². The van der Waals surface area contributed by atoms with Crippen molar-refractivity contribution in [2.75, 3.05) is 7.11 Å². The van der Waals surface area contributed by atoms with Crippen molar-refractivity contribution in [1.29, 1.82) is 0 Å². The van der Waals surface area contributed by atoms with E-state index in [2.05, 4.69) is 0 Å². The Morgan fingerprint density at radius 2 is 1.67 bits per heavy atom. The molecule has 2 unspecified atom stereocenters. The van der Waals surface area contributed by atoms with Gasteiger partial charge in [-0.05, 0) is 49.7 Å². The predicted octanol–water partition coefficient (Wildman–Crippen LogP) is 5.72. The Kier molecular flexibility index (Phi) is 6.29. The number of carboxylic acid groups (broad SMARTS) is 1. The predicted molar refractivity (Wildman–Crippen MR) is 133 cm³/mol. The molecule has 0 amide bonds. The third-order valence-corrected chi connectivity index (χ3v) is 5.86. The molecular formula is C29H26O7. The monoisotopic (exact) mass is 486 g/mol. The van der Waals surface area contributed by atoms with Crippen molar-refractivity contribution in [1.82, 2.24) is 0 Å². The van der Waals surface area contributed by atoms with Crippen LogP contribution in [-0.4, -0.2) is 30.4 Å². The van der Waals surface area contributed by atoms with Gasteiger partial charge < -0.3 is 28.8 Å². The minimum Gasteiger partial charge on any atom is -0.497 e. The van der Waals surface area contributed by atoms with Crippen LogP contribution in [0.25, 0.3) is 5.57 Å². The number of ether oxygens (including phenoxy) is 5. The molecule has 0 saturated carbocycles. The Morgan fingerprint density at radius 1 is 0.944 bits per heavy atom. The van der Waals surface area contributed by atoms with Crippen molar-refractivity contribution in [2.45, 2.75) is 32.3 Å². The molecule has 2 atom stereocenters. The van der Waals surface area contributed by atoms with Gasteiger partial charge in [-0.15, -0.1) is 0 Å². The van der Waals surface area contributed by atoms with E-state index in [-0.39, 0.29) is 17.4 Å². The lowest BCUT2D eigenvalue weighted by Crippen LogP contribution is -2.32. The Labute approximate surface area is 209 Å². The molecule has 1 N–H and O–H groups in total. The Bertz CT molecular complexity index is 1320. The minimum atomic E-state index is -1.13. The fourth-order valence-corrected chi connectivity index (χ4v) is 4.29. The van der Waals surface area contributed by atoms with Gasteiger partial charge in [0.1, 0.15) is 23.5 Å². The molecule has 3 aromatic carbocycles. The van der Waals surface area contributed by atoms with E-state index in [1.165, 1.54) is 6.26 Å². The largest absolute Gasteiger partial charge is 0.497 e. The number of hydrogen-bond acceptors (Lipinski definition) is 6. The van der Waals surface area contributed by atoms with Gasteiger partial charge in [-0.25, -0.2) is 4.79 Å². The molecule has 0 aliphatic carbocycles. The van der Waals surface area contributed by atoms with Crippen LogP contribution in [0.5, 0.6) is 17.2 Å². The third-order valence-electron chi connectivity index (χ3n) is 5.86. The Balaban J connectivity index is 1.62. The summed E-state index contributed by atoms with van der Waals surface area (Å²) in [4.78, 5) is 12.7. The zero-order valence-electron chi connectivity index (χ0n) is 20.1. The number of rotatable bonds is 7. The fourth-order valence-electron chi connectivity index (χ4n) is 4.29. The van der Waals surface area contributed by atoms with Gasteiger partial charge in [0.05, 0.1) is 18.8 Å². The van der Waals surface area contributed by atoms with Crippen LogP contribution in [0.4, 0.5) is 0 Å². The van der Waals surface area contributed by atoms with E-state index in [4.69, 9.17) is 23.7 Å². The van der Waals surface area contributed by atoms with Gasteiger partial charge >= 0.3 is 5.97 Å². The summed E-state index contributed by atoms with van der Waals surface area (Å²) in [5.41, 5.74) is 2.68. The molecule has 7 heteroatoms. The van der Waals surface area contributed by atoms with Crippen LogP contribution in [-0.2, 0) is 14.3 Å². The van der Waals surface area contributed by atoms with Gasteiger partial charge in [-0.2, -0.15) is 0 Å². The summed E-state index contributed by atoms with van der Waals surface area (Å²) in [6.07, 6.45) is -0.319. The molecule has 0 bridgehead atoms. The quantitative estimate of drug-likeness (QED) is 0.457. The number of benzene rings is 3. The zero-order valence-corrected chi connectivity index (χ0v) is 20.1. The Hall–Kier alpha value is -4.39. The highest BCUT2D eigenvalue weighted by molar-refractivity contribution is 6.04. The zero-order chi connectivity index (χ0) is 25.2. The fraction of sp³-hybridized carbons (Fsp3) is 0.207. The summed E-state index contributed by atoms with van der Waals surface area (Å²) < 4.78 is 29.2. The van der Waals surface area contributed by atoms with Crippen LogP contribution >= 0.6 is 0 Å². The first-order chi connectivity index (χ1) is 17.4. The van der Waals surface area contributed by atoms with E-state index in [9.17, 15) is 9.90 Å². The van der Waals surface area contributed by atoms with E-state index in [1.54, 1.807) is 37.4 Å². The number of carboxylic acids is 1. The van der Waals surface area contributed by atoms with Gasteiger partial charge in [-0.1, -0.05) is 42.5 Å². The van der Waals surface area contributed by atoms with E-state index in [1.807, 2.05) is 56.3 Å². The molecule has 2 aliphatic heterocycles. The molecule has 0 aromatic heterocycles. The lowest BCUT2D eigenvalue weighted by Gasteiger charge is -2.30. The molecular weight excluding hydrogens is 460 g/mol. The first-order valence-electron chi connectivity index (χ1n) is 11.6. The highest BCUT2D eigenvalue weighted by atomic mass is 16.7. The van der Waals surface area contributed by atoms with Gasteiger partial charge in [0, 0.05) is 16.7 Å². The maximum atomic E-state index is 12.7. The standard InChI is InChI=1S/C29H26O7/c1-17(2)34-21-13-14-23-22(15-21)25(18-9-11-20(32-3)12-10-18)26(28(30)31)27(35-23)24-16-33-29(36-24)19-7-5-4-6-8-19/h4-17,27,29H,1-3H3,(H,30,31). The maximum absolute atomic E-state index is 12.7. The van der Waals surface area contributed by atoms with Crippen LogP contribution in [0.15, 0.2) is 90.4 Å². The second-order valence-corrected chi connectivity index (χ2v) is 8.66. The first-order valence-corrected chi connectivity index (χ1v) is 11.6. The molecule has 0 saturated heterocycles. The van der Waals surface area contributed by atoms with Crippen LogP contribution in [0.3, 0.4) is 0 Å². The summed E-state index contributed by atoms with van der Waals surface area (Å²) in [5.74, 6) is 0.947. The molecule has 3 aromatic rings. The van der Waals surface area contributed by atoms with Crippen LogP contribution in [0, 0.1) is 0 Å². The number of carbonyl (C=O) groups is 1. The van der Waals surface area contributed by atoms with Crippen molar-refractivity contribution in [3.05, 3.63) is 107 Å². The lowest BCUT2D eigenvalue weighted by molar-refractivity contribution is -0.133. The van der Waals surface area contributed by atoms with Crippen molar-refractivity contribution in [3.8, 4) is 17.2 Å². The molecule has 2 aliphatic rings. The van der Waals surface area contributed by atoms with E-state index in [0.29, 0.717) is 33.9 Å². The summed E-state index contributed by atoms with van der Waals surface area (Å²) in [6, 6.07) is 22.1. The van der Waals surface area contributed by atoms with Crippen LogP contribution in [0.1, 0.15) is 36.8 Å². The smallest absolute Gasteiger partial charge is 0.336 e. The molecule has 184 valence electrons. The molecule has 36 heavy (non-hydrogen) atoms. The van der Waals surface area contributed by atoms with Crippen molar-refractivity contribution >= 4 is 11.5 Å². The van der Waals surface area contributed by atoms with Crippen molar-refractivity contribution in [3.63, 3.8) is 0 Å². The van der Waals surface area contributed by atoms with E-state index < -0.39 is 18.4 Å². The SMILES string of the molecule is COc1ccc(C2=C(C(=O)O)C(C3=COC(c4ccccc4)O3)Oc3ccc(OC(C)C)cc32)cc1. The topological polar surface area (TPSA) is 83.5 Å². The summed E-state index contributed by atoms with van der Waals surface area (Å²) in [6.45, 7) is 3.86. The average molecular weight is 487 g/mol. The van der Waals surface area contributed by atoms with E-state index >= 15 is 0 Å². The summed E-state index contributed by atoms with van der Waals surface area (Å²) in [5, 5.41) is 10.4. The number of aliphatic carboxylic acids is 1. The highest BCUT2D eigenvalue weighted by Gasteiger charge is 2.40. The molecule has 0 radical (unpaired) electrons. The average Bonchev–Trinajstić information content (AvgIpc) is 3.38. The van der Waals surface area contributed by atoms with Gasteiger partial charge in [-0.3, -0.25) is 0 Å². The maximum Gasteiger partial charge on any atom is 0.336 e. The van der Waals surface area contributed by atoms with Gasteiger partial charge in [0.25, 0.3) is 6.29 Å². The molecule has 2 heterocycles. The second-order valence-electron chi connectivity index (χ2n) is 8.66. The van der Waals surface area contributed by atoms with Crippen LogP contribution < -0.4 is 14.2 Å². The van der Waals surface area contributed by atoms with Crippen molar-refractivity contribution < 1.29 is 33.6 Å². The van der Waals surface area contributed by atoms with Gasteiger partial charge in [0.15, 0.2) is 11.9 Å². The lowest BCUT2D eigenvalue weighted by atomic mass is 9.87. The number of methoxy groups -OCH3 is 1. The molecule has 0 spiro atoms. The van der Waals surface area contributed by atoms with Gasteiger partial charge in [0.2, 0.25) is 0 Å². The van der Waals surface area contributed by atoms with Crippen LogP contribution in [0.2, 0.25) is 0 Å². The normalized spacial score (nSPS) is 18.5. The third kappa shape index (κ3) is 4.47. The Morgan fingerprint density at radius 3 is 2.33 bits per heavy atom. The molecule has 5 rings (SSSR count). The highest BCUT2D eigenvalue weighted by Crippen LogP contribution is 2.45. The first kappa shape index (κ1) is 23.4. The number of fused-ring (bicyclic) bond motifs is 1. The second kappa shape index (κ2) is 9.70. The minimum absolute atomic E-state index is 0.0397.